The second-order valence-electron chi connectivity index (χ2n) is 11.9. The summed E-state index contributed by atoms with van der Waals surface area (Å²) in [5, 5.41) is 9.52. The van der Waals surface area contributed by atoms with Crippen molar-refractivity contribution in [1.82, 2.24) is 0 Å². The highest BCUT2D eigenvalue weighted by atomic mass is 16.6. The van der Waals surface area contributed by atoms with Gasteiger partial charge in [0, 0.05) is 12.8 Å². The molecule has 0 aromatic rings. The van der Waals surface area contributed by atoms with Crippen LogP contribution in [0.2, 0.25) is 0 Å². The number of ether oxygens (including phenoxy) is 2. The molecular formula is C40H68O5. The quantitative estimate of drug-likeness (QED) is 0.0456. The Hall–Kier alpha value is -2.40. The van der Waals surface area contributed by atoms with Crippen LogP contribution in [-0.4, -0.2) is 36.4 Å². The molecule has 1 atom stereocenters. The number of esters is 2. The molecule has 1 unspecified atom stereocenters. The molecule has 1 N–H and O–H groups in total. The number of hydrogen-bond acceptors (Lipinski definition) is 5. The van der Waals surface area contributed by atoms with Gasteiger partial charge in [0.05, 0.1) is 6.61 Å². The molecule has 258 valence electrons. The Bertz CT molecular complexity index is 808. The molecule has 0 aliphatic heterocycles. The highest BCUT2D eigenvalue weighted by Crippen LogP contribution is 2.13. The lowest BCUT2D eigenvalue weighted by Gasteiger charge is -2.15. The summed E-state index contributed by atoms with van der Waals surface area (Å²) in [4.78, 5) is 24.2. The summed E-state index contributed by atoms with van der Waals surface area (Å²) in [6.45, 7) is 3.97. The zero-order valence-corrected chi connectivity index (χ0v) is 29.1. The maximum absolute atomic E-state index is 12.1. The van der Waals surface area contributed by atoms with Crippen molar-refractivity contribution in [1.29, 1.82) is 0 Å². The van der Waals surface area contributed by atoms with E-state index in [0.717, 1.165) is 77.0 Å². The molecule has 0 heterocycles. The molecular weight excluding hydrogens is 560 g/mol. The topological polar surface area (TPSA) is 72.8 Å². The number of carbonyl (C=O) groups excluding carboxylic acids is 2. The van der Waals surface area contributed by atoms with Gasteiger partial charge in [-0.05, 0) is 57.8 Å². The van der Waals surface area contributed by atoms with Gasteiger partial charge in [-0.1, -0.05) is 152 Å². The molecule has 0 radical (unpaired) electrons. The van der Waals surface area contributed by atoms with Gasteiger partial charge in [0.2, 0.25) is 0 Å². The van der Waals surface area contributed by atoms with Crippen molar-refractivity contribution < 1.29 is 24.2 Å². The zero-order chi connectivity index (χ0) is 32.9. The molecule has 0 saturated heterocycles. The number of hydrogen-bond donors (Lipinski definition) is 1. The van der Waals surface area contributed by atoms with Gasteiger partial charge in [-0.15, -0.1) is 0 Å². The standard InChI is InChI=1S/C40H68O5/c1-3-5-7-9-11-13-15-17-18-19-20-21-22-23-25-26-28-30-32-34-39(42)44-37-38(36-41)45-40(43)35-33-31-29-27-24-16-14-12-10-8-6-4-2/h5,7,11,13,17-18,20-21,23,25,38,41H,3-4,6,8-10,12,14-16,19,22,24,26-37H2,1-2H3. The number of aliphatic hydroxyl groups is 1. The Morgan fingerprint density at radius 2 is 0.956 bits per heavy atom. The minimum Gasteiger partial charge on any atom is -0.462 e. The molecule has 0 aromatic carbocycles. The number of carbonyl (C=O) groups is 2. The van der Waals surface area contributed by atoms with Crippen LogP contribution < -0.4 is 0 Å². The van der Waals surface area contributed by atoms with Gasteiger partial charge in [0.15, 0.2) is 6.10 Å². The van der Waals surface area contributed by atoms with Crippen molar-refractivity contribution >= 4 is 11.9 Å². The molecule has 0 aromatic heterocycles. The van der Waals surface area contributed by atoms with E-state index in [-0.39, 0.29) is 25.2 Å². The van der Waals surface area contributed by atoms with E-state index in [4.69, 9.17) is 9.47 Å². The normalized spacial score (nSPS) is 12.9. The Kier molecular flexibility index (Phi) is 34.1. The molecule has 5 nitrogen and oxygen atoms in total. The van der Waals surface area contributed by atoms with Crippen molar-refractivity contribution in [2.75, 3.05) is 13.2 Å². The lowest BCUT2D eigenvalue weighted by molar-refractivity contribution is -0.161. The first-order chi connectivity index (χ1) is 22.1. The average Bonchev–Trinajstić information content (AvgIpc) is 3.04. The average molecular weight is 629 g/mol. The minimum atomic E-state index is -0.783. The largest absolute Gasteiger partial charge is 0.462 e. The Morgan fingerprint density at radius 1 is 0.533 bits per heavy atom. The molecule has 45 heavy (non-hydrogen) atoms. The van der Waals surface area contributed by atoms with E-state index < -0.39 is 6.10 Å². The first-order valence-electron chi connectivity index (χ1n) is 18.3. The molecule has 0 aliphatic rings. The predicted molar refractivity (Wildman–Crippen MR) is 191 cm³/mol. The minimum absolute atomic E-state index is 0.0838. The van der Waals surface area contributed by atoms with E-state index in [1.54, 1.807) is 0 Å². The fraction of sp³-hybridized carbons (Fsp3) is 0.700. The van der Waals surface area contributed by atoms with E-state index in [2.05, 4.69) is 74.6 Å². The van der Waals surface area contributed by atoms with Gasteiger partial charge in [-0.25, -0.2) is 0 Å². The van der Waals surface area contributed by atoms with Crippen LogP contribution in [0.5, 0.6) is 0 Å². The Balaban J connectivity index is 3.66. The lowest BCUT2D eigenvalue weighted by Crippen LogP contribution is -2.28. The van der Waals surface area contributed by atoms with Crippen LogP contribution in [-0.2, 0) is 19.1 Å². The van der Waals surface area contributed by atoms with Crippen LogP contribution in [0.25, 0.3) is 0 Å². The van der Waals surface area contributed by atoms with Gasteiger partial charge in [-0.3, -0.25) is 9.59 Å². The maximum atomic E-state index is 12.1. The second-order valence-corrected chi connectivity index (χ2v) is 11.9. The molecule has 0 fully saturated rings. The smallest absolute Gasteiger partial charge is 0.306 e. The highest BCUT2D eigenvalue weighted by Gasteiger charge is 2.16. The second kappa shape index (κ2) is 36.1. The van der Waals surface area contributed by atoms with E-state index >= 15 is 0 Å². The first-order valence-corrected chi connectivity index (χ1v) is 18.3. The third-order valence-electron chi connectivity index (χ3n) is 7.58. The van der Waals surface area contributed by atoms with Crippen molar-refractivity contribution in [2.24, 2.45) is 0 Å². The summed E-state index contributed by atoms with van der Waals surface area (Å²) >= 11 is 0. The van der Waals surface area contributed by atoms with Crippen LogP contribution in [0.4, 0.5) is 0 Å². The fourth-order valence-electron chi connectivity index (χ4n) is 4.81. The van der Waals surface area contributed by atoms with Crippen molar-refractivity contribution in [2.45, 2.75) is 168 Å². The predicted octanol–water partition coefficient (Wildman–Crippen LogP) is 11.2. The van der Waals surface area contributed by atoms with Gasteiger partial charge >= 0.3 is 11.9 Å². The van der Waals surface area contributed by atoms with E-state index in [0.29, 0.717) is 12.8 Å². The molecule has 0 rings (SSSR count). The third kappa shape index (κ3) is 34.3. The molecule has 0 aliphatic carbocycles. The van der Waals surface area contributed by atoms with Crippen molar-refractivity contribution in [3.05, 3.63) is 60.8 Å². The fourth-order valence-corrected chi connectivity index (χ4v) is 4.81. The third-order valence-corrected chi connectivity index (χ3v) is 7.58. The maximum Gasteiger partial charge on any atom is 0.306 e. The lowest BCUT2D eigenvalue weighted by atomic mass is 10.0. The van der Waals surface area contributed by atoms with E-state index in [1.807, 2.05) is 0 Å². The van der Waals surface area contributed by atoms with Crippen LogP contribution in [0, 0.1) is 0 Å². The van der Waals surface area contributed by atoms with Crippen LogP contribution in [0.1, 0.15) is 162 Å². The molecule has 5 heteroatoms. The monoisotopic (exact) mass is 629 g/mol. The number of allylic oxidation sites excluding steroid dienone is 10. The van der Waals surface area contributed by atoms with Gasteiger partial charge in [0.25, 0.3) is 0 Å². The van der Waals surface area contributed by atoms with E-state index in [1.165, 1.54) is 57.8 Å². The highest BCUT2D eigenvalue weighted by molar-refractivity contribution is 5.70. The summed E-state index contributed by atoms with van der Waals surface area (Å²) < 4.78 is 10.6. The zero-order valence-electron chi connectivity index (χ0n) is 29.1. The molecule has 0 bridgehead atoms. The summed E-state index contributed by atoms with van der Waals surface area (Å²) in [5.41, 5.74) is 0. The van der Waals surface area contributed by atoms with Crippen LogP contribution in [0.15, 0.2) is 60.8 Å². The Labute approximate surface area is 277 Å². The number of rotatable bonds is 32. The van der Waals surface area contributed by atoms with Gasteiger partial charge in [-0.2, -0.15) is 0 Å². The van der Waals surface area contributed by atoms with Crippen molar-refractivity contribution in [3.63, 3.8) is 0 Å². The van der Waals surface area contributed by atoms with Crippen LogP contribution in [0.3, 0.4) is 0 Å². The van der Waals surface area contributed by atoms with E-state index in [9.17, 15) is 14.7 Å². The molecule has 0 saturated carbocycles. The summed E-state index contributed by atoms with van der Waals surface area (Å²) in [7, 11) is 0. The number of unbranched alkanes of at least 4 members (excludes halogenated alkanes) is 14. The summed E-state index contributed by atoms with van der Waals surface area (Å²) in [5.74, 6) is -0.632. The molecule has 0 amide bonds. The van der Waals surface area contributed by atoms with Crippen molar-refractivity contribution in [3.8, 4) is 0 Å². The summed E-state index contributed by atoms with van der Waals surface area (Å²) in [6, 6.07) is 0. The first kappa shape index (κ1) is 42.6. The van der Waals surface area contributed by atoms with Gasteiger partial charge in [0.1, 0.15) is 6.61 Å². The number of aliphatic hydroxyl groups excluding tert-OH is 1. The van der Waals surface area contributed by atoms with Crippen LogP contribution >= 0.6 is 0 Å². The molecule has 0 spiro atoms. The SMILES string of the molecule is CCC=CCC=CCC=CCC=CCC=CCCCCCC(=O)OCC(CO)OC(=O)CCCCCCCCCCCCCC. The Morgan fingerprint density at radius 3 is 1.44 bits per heavy atom. The summed E-state index contributed by atoms with van der Waals surface area (Å²) in [6.07, 6.45) is 45.6. The van der Waals surface area contributed by atoms with Gasteiger partial charge < -0.3 is 14.6 Å².